The van der Waals surface area contributed by atoms with Gasteiger partial charge in [0, 0.05) is 12.1 Å². The third-order valence-electron chi connectivity index (χ3n) is 2.94. The number of carbonyl (C=O) groups is 1. The van der Waals surface area contributed by atoms with Gasteiger partial charge in [-0.25, -0.2) is 0 Å². The number of ether oxygens (including phenoxy) is 2. The van der Waals surface area contributed by atoms with E-state index in [2.05, 4.69) is 31.1 Å². The predicted molar refractivity (Wildman–Crippen MR) is 82.1 cm³/mol. The lowest BCUT2D eigenvalue weighted by molar-refractivity contribution is -0.152. The van der Waals surface area contributed by atoms with Crippen molar-refractivity contribution >= 4 is 5.97 Å². The molecule has 1 N–H and O–H groups in total. The second-order valence-electron chi connectivity index (χ2n) is 6.75. The molecule has 1 aromatic rings. The van der Waals surface area contributed by atoms with E-state index < -0.39 is 5.41 Å². The molecule has 5 heteroatoms. The van der Waals surface area contributed by atoms with Crippen LogP contribution in [0, 0.1) is 5.41 Å². The van der Waals surface area contributed by atoms with Crippen LogP contribution in [-0.2, 0) is 16.1 Å². The van der Waals surface area contributed by atoms with Crippen molar-refractivity contribution in [3.05, 3.63) is 24.0 Å². The number of esters is 1. The van der Waals surface area contributed by atoms with Crippen molar-refractivity contribution in [2.24, 2.45) is 5.41 Å². The molecule has 0 fully saturated rings. The topological polar surface area (TPSA) is 60.5 Å². The molecule has 0 aromatic carbocycles. The minimum Gasteiger partial charge on any atom is -0.491 e. The molecule has 0 bridgehead atoms. The number of hydrogen-bond acceptors (Lipinski definition) is 5. The third-order valence-corrected chi connectivity index (χ3v) is 2.94. The van der Waals surface area contributed by atoms with Crippen LogP contribution >= 0.6 is 0 Å². The summed E-state index contributed by atoms with van der Waals surface area (Å²) in [6.45, 7) is 10.9. The van der Waals surface area contributed by atoms with Crippen LogP contribution in [0.4, 0.5) is 0 Å². The standard InChI is InChI=1S/C16H26N2O3/c1-15(2,3)18-9-12-7-8-13(10-17-12)21-11-16(4,5)14(19)20-6/h7-8,10,18H,9,11H2,1-6H3. The van der Waals surface area contributed by atoms with Gasteiger partial charge in [-0.05, 0) is 46.8 Å². The molecule has 1 heterocycles. The van der Waals surface area contributed by atoms with E-state index in [4.69, 9.17) is 9.47 Å². The van der Waals surface area contributed by atoms with Crippen molar-refractivity contribution in [2.75, 3.05) is 13.7 Å². The fourth-order valence-corrected chi connectivity index (χ4v) is 1.56. The Morgan fingerprint density at radius 3 is 2.38 bits per heavy atom. The van der Waals surface area contributed by atoms with Gasteiger partial charge in [-0.2, -0.15) is 0 Å². The van der Waals surface area contributed by atoms with Crippen LogP contribution in [-0.4, -0.2) is 30.2 Å². The number of pyridine rings is 1. The molecule has 0 unspecified atom stereocenters. The zero-order chi connectivity index (χ0) is 16.1. The van der Waals surface area contributed by atoms with Gasteiger partial charge >= 0.3 is 5.97 Å². The van der Waals surface area contributed by atoms with Crippen molar-refractivity contribution in [3.8, 4) is 5.75 Å². The first-order valence-corrected chi connectivity index (χ1v) is 7.05. The van der Waals surface area contributed by atoms with Gasteiger partial charge in [0.15, 0.2) is 0 Å². The summed E-state index contributed by atoms with van der Waals surface area (Å²) in [4.78, 5) is 15.9. The lowest BCUT2D eigenvalue weighted by Crippen LogP contribution is -2.35. The van der Waals surface area contributed by atoms with Crippen molar-refractivity contribution in [2.45, 2.75) is 46.7 Å². The van der Waals surface area contributed by atoms with Crippen LogP contribution in [0.25, 0.3) is 0 Å². The van der Waals surface area contributed by atoms with Crippen LogP contribution in [0.15, 0.2) is 18.3 Å². The average Bonchev–Trinajstić information content (AvgIpc) is 2.42. The van der Waals surface area contributed by atoms with Gasteiger partial charge in [0.25, 0.3) is 0 Å². The first-order valence-electron chi connectivity index (χ1n) is 7.05. The summed E-state index contributed by atoms with van der Waals surface area (Å²) < 4.78 is 10.4. The molecule has 0 atom stereocenters. The Morgan fingerprint density at radius 1 is 1.24 bits per heavy atom. The Hall–Kier alpha value is -1.62. The molecule has 21 heavy (non-hydrogen) atoms. The molecule has 0 spiro atoms. The van der Waals surface area contributed by atoms with Crippen molar-refractivity contribution in [1.82, 2.24) is 10.3 Å². The number of carbonyl (C=O) groups excluding carboxylic acids is 1. The first-order chi connectivity index (χ1) is 9.64. The molecular formula is C16H26N2O3. The maximum Gasteiger partial charge on any atom is 0.314 e. The Bertz CT molecular complexity index is 461. The molecular weight excluding hydrogens is 268 g/mol. The molecule has 1 rings (SSSR count). The van der Waals surface area contributed by atoms with Crippen LogP contribution in [0.2, 0.25) is 0 Å². The Balaban J connectivity index is 2.53. The highest BCUT2D eigenvalue weighted by molar-refractivity contribution is 5.75. The molecule has 5 nitrogen and oxygen atoms in total. The lowest BCUT2D eigenvalue weighted by Gasteiger charge is -2.22. The van der Waals surface area contributed by atoms with Crippen LogP contribution in [0.3, 0.4) is 0 Å². The van der Waals surface area contributed by atoms with E-state index >= 15 is 0 Å². The fourth-order valence-electron chi connectivity index (χ4n) is 1.56. The summed E-state index contributed by atoms with van der Waals surface area (Å²) in [5.74, 6) is 0.355. The Morgan fingerprint density at radius 2 is 1.90 bits per heavy atom. The summed E-state index contributed by atoms with van der Waals surface area (Å²) >= 11 is 0. The maximum atomic E-state index is 11.6. The minimum absolute atomic E-state index is 0.0569. The number of methoxy groups -OCH3 is 1. The summed E-state index contributed by atoms with van der Waals surface area (Å²) in [6.07, 6.45) is 1.67. The third kappa shape index (κ3) is 6.12. The highest BCUT2D eigenvalue weighted by atomic mass is 16.5. The molecule has 0 aliphatic rings. The van der Waals surface area contributed by atoms with Crippen LogP contribution < -0.4 is 10.1 Å². The zero-order valence-electron chi connectivity index (χ0n) is 13.8. The molecule has 1 aromatic heterocycles. The predicted octanol–water partition coefficient (Wildman–Crippen LogP) is 2.55. The van der Waals surface area contributed by atoms with E-state index in [0.29, 0.717) is 12.3 Å². The molecule has 0 amide bonds. The number of nitrogens with zero attached hydrogens (tertiary/aromatic N) is 1. The van der Waals surface area contributed by atoms with Gasteiger partial charge in [-0.15, -0.1) is 0 Å². The van der Waals surface area contributed by atoms with Crippen molar-refractivity contribution in [3.63, 3.8) is 0 Å². The number of hydrogen-bond donors (Lipinski definition) is 1. The second-order valence-corrected chi connectivity index (χ2v) is 6.75. The monoisotopic (exact) mass is 294 g/mol. The highest BCUT2D eigenvalue weighted by Crippen LogP contribution is 2.20. The average molecular weight is 294 g/mol. The maximum absolute atomic E-state index is 11.6. The van der Waals surface area contributed by atoms with Gasteiger partial charge in [0.05, 0.1) is 24.4 Å². The van der Waals surface area contributed by atoms with E-state index in [1.807, 2.05) is 12.1 Å². The summed E-state index contributed by atoms with van der Waals surface area (Å²) in [6, 6.07) is 3.78. The Kier molecular flexibility index (Phi) is 5.72. The lowest BCUT2D eigenvalue weighted by atomic mass is 9.95. The SMILES string of the molecule is COC(=O)C(C)(C)COc1ccc(CNC(C)(C)C)nc1. The van der Waals surface area contributed by atoms with E-state index in [0.717, 1.165) is 5.69 Å². The smallest absolute Gasteiger partial charge is 0.314 e. The van der Waals surface area contributed by atoms with E-state index in [1.165, 1.54) is 7.11 Å². The van der Waals surface area contributed by atoms with Crippen LogP contribution in [0.5, 0.6) is 5.75 Å². The van der Waals surface area contributed by atoms with E-state index in [-0.39, 0.29) is 18.1 Å². The van der Waals surface area contributed by atoms with Gasteiger partial charge in [-0.3, -0.25) is 9.78 Å². The largest absolute Gasteiger partial charge is 0.491 e. The number of rotatable bonds is 6. The fraction of sp³-hybridized carbons (Fsp3) is 0.625. The molecule has 0 saturated heterocycles. The molecule has 0 radical (unpaired) electrons. The summed E-state index contributed by atoms with van der Waals surface area (Å²) in [7, 11) is 1.38. The van der Waals surface area contributed by atoms with Gasteiger partial charge in [0.1, 0.15) is 12.4 Å². The van der Waals surface area contributed by atoms with Crippen molar-refractivity contribution < 1.29 is 14.3 Å². The molecule has 0 aliphatic carbocycles. The first kappa shape index (κ1) is 17.4. The highest BCUT2D eigenvalue weighted by Gasteiger charge is 2.29. The van der Waals surface area contributed by atoms with Crippen molar-refractivity contribution in [1.29, 1.82) is 0 Å². The second kappa shape index (κ2) is 6.89. The van der Waals surface area contributed by atoms with E-state index in [1.54, 1.807) is 20.0 Å². The zero-order valence-corrected chi connectivity index (χ0v) is 13.8. The van der Waals surface area contributed by atoms with Gasteiger partial charge in [0.2, 0.25) is 0 Å². The molecule has 0 saturated carbocycles. The summed E-state index contributed by atoms with van der Waals surface area (Å²) in [5.41, 5.74) is 0.326. The molecule has 118 valence electrons. The van der Waals surface area contributed by atoms with E-state index in [9.17, 15) is 4.79 Å². The number of aromatic nitrogens is 1. The minimum atomic E-state index is -0.679. The van der Waals surface area contributed by atoms with Gasteiger partial charge < -0.3 is 14.8 Å². The van der Waals surface area contributed by atoms with Gasteiger partial charge in [-0.1, -0.05) is 0 Å². The Labute approximate surface area is 127 Å². The quantitative estimate of drug-likeness (QED) is 0.817. The summed E-state index contributed by atoms with van der Waals surface area (Å²) in [5, 5.41) is 3.37. The molecule has 0 aliphatic heterocycles. The number of nitrogens with one attached hydrogen (secondary N) is 1. The normalized spacial score (nSPS) is 12.1. The van der Waals surface area contributed by atoms with Crippen LogP contribution in [0.1, 0.15) is 40.3 Å².